The Bertz CT molecular complexity index is 885. The van der Waals surface area contributed by atoms with E-state index in [-0.39, 0.29) is 22.8 Å². The van der Waals surface area contributed by atoms with Crippen LogP contribution in [0, 0.1) is 5.92 Å². The molecule has 28 heavy (non-hydrogen) atoms. The first-order valence-electron chi connectivity index (χ1n) is 10.2. The molecule has 2 heterocycles. The molecule has 8 heteroatoms. The van der Waals surface area contributed by atoms with Gasteiger partial charge in [-0.3, -0.25) is 4.79 Å². The van der Waals surface area contributed by atoms with Crippen molar-refractivity contribution in [2.75, 3.05) is 23.4 Å². The summed E-state index contributed by atoms with van der Waals surface area (Å²) < 4.78 is 35.3. The lowest BCUT2D eigenvalue weighted by atomic mass is 10.1. The summed E-state index contributed by atoms with van der Waals surface area (Å²) >= 11 is 0. The fraction of sp³-hybridized carbons (Fsp3) is 0.600. The maximum atomic E-state index is 12.8. The van der Waals surface area contributed by atoms with Crippen molar-refractivity contribution in [2.45, 2.75) is 62.9 Å². The number of nitrogens with zero attached hydrogens (tertiary/aromatic N) is 2. The quantitative estimate of drug-likeness (QED) is 0.812. The van der Waals surface area contributed by atoms with E-state index >= 15 is 0 Å². The van der Waals surface area contributed by atoms with Gasteiger partial charge in [0.25, 0.3) is 10.0 Å². The monoisotopic (exact) mass is 405 g/mol. The lowest BCUT2D eigenvalue weighted by molar-refractivity contribution is -0.119. The molecule has 1 amide bonds. The van der Waals surface area contributed by atoms with Crippen molar-refractivity contribution in [2.24, 2.45) is 10.3 Å². The molecule has 0 unspecified atom stereocenters. The average molecular weight is 406 g/mol. The summed E-state index contributed by atoms with van der Waals surface area (Å²) in [5.41, 5.74) is 1.12. The number of amidine groups is 1. The Hall–Kier alpha value is -1.93. The van der Waals surface area contributed by atoms with Crippen LogP contribution in [-0.2, 0) is 19.6 Å². The third kappa shape index (κ3) is 3.80. The summed E-state index contributed by atoms with van der Waals surface area (Å²) in [6.45, 7) is 3.23. The number of nitrogens with one attached hydrogen (secondary N) is 1. The zero-order chi connectivity index (χ0) is 19.7. The molecule has 0 radical (unpaired) electrons. The molecule has 152 valence electrons. The number of rotatable bonds is 5. The second kappa shape index (κ2) is 7.83. The third-order valence-electron chi connectivity index (χ3n) is 5.79. The first-order chi connectivity index (χ1) is 13.5. The first kappa shape index (κ1) is 19.4. The smallest absolute Gasteiger partial charge is 0.286 e. The maximum Gasteiger partial charge on any atom is 0.286 e. The van der Waals surface area contributed by atoms with Crippen LogP contribution in [0.5, 0.6) is 0 Å². The van der Waals surface area contributed by atoms with Gasteiger partial charge in [-0.1, -0.05) is 19.8 Å². The highest BCUT2D eigenvalue weighted by atomic mass is 32.2. The van der Waals surface area contributed by atoms with Gasteiger partial charge < -0.3 is 15.0 Å². The Morgan fingerprint density at radius 1 is 1.25 bits per heavy atom. The van der Waals surface area contributed by atoms with E-state index in [1.807, 2.05) is 11.8 Å². The highest BCUT2D eigenvalue weighted by Gasteiger charge is 2.33. The molecule has 1 aromatic carbocycles. The van der Waals surface area contributed by atoms with Crippen molar-refractivity contribution in [3.05, 3.63) is 18.2 Å². The first-order valence-corrected chi connectivity index (χ1v) is 11.6. The average Bonchev–Trinajstić information content (AvgIpc) is 3.38. The van der Waals surface area contributed by atoms with Gasteiger partial charge in [0, 0.05) is 24.6 Å². The molecule has 1 saturated carbocycles. The summed E-state index contributed by atoms with van der Waals surface area (Å²) in [4.78, 5) is 14.5. The summed E-state index contributed by atoms with van der Waals surface area (Å²) in [7, 11) is -3.79. The van der Waals surface area contributed by atoms with E-state index < -0.39 is 10.0 Å². The van der Waals surface area contributed by atoms with Gasteiger partial charge in [-0.25, -0.2) is 0 Å². The van der Waals surface area contributed by atoms with E-state index in [0.29, 0.717) is 30.2 Å². The molecule has 2 aliphatic heterocycles. The number of anilines is 2. The number of sulfonamides is 1. The van der Waals surface area contributed by atoms with E-state index in [9.17, 15) is 13.2 Å². The van der Waals surface area contributed by atoms with Gasteiger partial charge in [0.15, 0.2) is 0 Å². The highest BCUT2D eigenvalue weighted by Crippen LogP contribution is 2.36. The zero-order valence-electron chi connectivity index (χ0n) is 16.2. The van der Waals surface area contributed by atoms with Crippen LogP contribution in [0.3, 0.4) is 0 Å². The number of hydrogen-bond donors (Lipinski definition) is 1. The van der Waals surface area contributed by atoms with E-state index in [1.54, 1.807) is 12.1 Å². The molecule has 4 rings (SSSR count). The predicted molar refractivity (Wildman–Crippen MR) is 108 cm³/mol. The Balaban J connectivity index is 1.63. The van der Waals surface area contributed by atoms with Crippen LogP contribution in [0.25, 0.3) is 0 Å². The molecule has 7 nitrogen and oxygen atoms in total. The van der Waals surface area contributed by atoms with Gasteiger partial charge in [-0.05, 0) is 43.9 Å². The topological polar surface area (TPSA) is 88.1 Å². The van der Waals surface area contributed by atoms with Crippen LogP contribution in [0.4, 0.5) is 11.4 Å². The predicted octanol–water partition coefficient (Wildman–Crippen LogP) is 3.31. The van der Waals surface area contributed by atoms with Gasteiger partial charge in [0.2, 0.25) is 5.91 Å². The van der Waals surface area contributed by atoms with Crippen molar-refractivity contribution in [3.63, 3.8) is 0 Å². The minimum Gasteiger partial charge on any atom is -0.376 e. The van der Waals surface area contributed by atoms with Crippen LogP contribution in [-0.4, -0.2) is 39.4 Å². The van der Waals surface area contributed by atoms with Crippen molar-refractivity contribution >= 4 is 33.1 Å². The maximum absolute atomic E-state index is 12.8. The van der Waals surface area contributed by atoms with Gasteiger partial charge >= 0.3 is 0 Å². The molecular formula is C20H27N3O4S. The number of benzene rings is 1. The minimum atomic E-state index is -3.79. The van der Waals surface area contributed by atoms with Crippen molar-refractivity contribution < 1.29 is 17.9 Å². The van der Waals surface area contributed by atoms with Crippen LogP contribution >= 0.6 is 0 Å². The highest BCUT2D eigenvalue weighted by molar-refractivity contribution is 7.90. The van der Waals surface area contributed by atoms with Crippen molar-refractivity contribution in [3.8, 4) is 0 Å². The normalized spacial score (nSPS) is 24.1. The molecule has 0 spiro atoms. The Morgan fingerprint density at radius 3 is 2.71 bits per heavy atom. The van der Waals surface area contributed by atoms with Gasteiger partial charge in [-0.2, -0.15) is 8.42 Å². The van der Waals surface area contributed by atoms with Crippen molar-refractivity contribution in [1.82, 2.24) is 0 Å². The third-order valence-corrected chi connectivity index (χ3v) is 7.12. The van der Waals surface area contributed by atoms with Gasteiger partial charge in [0.1, 0.15) is 10.7 Å². The molecular weight excluding hydrogens is 378 g/mol. The largest absolute Gasteiger partial charge is 0.376 e. The lowest BCUT2D eigenvalue weighted by Gasteiger charge is -2.32. The summed E-state index contributed by atoms with van der Waals surface area (Å²) in [5.74, 6) is 0.527. The molecule has 2 fully saturated rings. The van der Waals surface area contributed by atoms with Gasteiger partial charge in [-0.15, -0.1) is 4.40 Å². The molecule has 0 aromatic heterocycles. The molecule has 0 bridgehead atoms. The molecule has 1 atom stereocenters. The van der Waals surface area contributed by atoms with E-state index in [4.69, 9.17) is 4.74 Å². The number of carbonyl (C=O) groups is 1. The minimum absolute atomic E-state index is 0.0216. The van der Waals surface area contributed by atoms with Gasteiger partial charge in [0.05, 0.1) is 18.3 Å². The Labute approximate surface area is 166 Å². The number of amides is 1. The second-order valence-electron chi connectivity index (χ2n) is 7.73. The van der Waals surface area contributed by atoms with Crippen LogP contribution in [0.15, 0.2) is 27.5 Å². The van der Waals surface area contributed by atoms with Crippen LogP contribution < -0.4 is 10.2 Å². The molecule has 1 N–H and O–H groups in total. The number of carbonyl (C=O) groups excluding carboxylic acids is 1. The van der Waals surface area contributed by atoms with E-state index in [2.05, 4.69) is 9.71 Å². The second-order valence-corrected chi connectivity index (χ2v) is 9.31. The zero-order valence-corrected chi connectivity index (χ0v) is 17.0. The number of ether oxygens (including phenoxy) is 1. The standard InChI is InChI=1S/C20H27N3O4S/c1-2-19-22-28(25,26)18-12-15(21-20(24)14-6-3-4-7-14)9-10-17(18)23(19)13-16-8-5-11-27-16/h9-10,12,14,16H,2-8,11,13H2,1H3,(H,21,24)/t16-/m0/s1. The van der Waals surface area contributed by atoms with Crippen LogP contribution in [0.1, 0.15) is 51.9 Å². The Kier molecular flexibility index (Phi) is 5.42. The SMILES string of the molecule is CCC1=NS(=O)(=O)c2cc(NC(=O)C3CCCC3)ccc2N1C[C@@H]1CCCO1. The van der Waals surface area contributed by atoms with E-state index in [0.717, 1.165) is 45.1 Å². The fourth-order valence-electron chi connectivity index (χ4n) is 4.28. The van der Waals surface area contributed by atoms with Crippen molar-refractivity contribution in [1.29, 1.82) is 0 Å². The fourth-order valence-corrected chi connectivity index (χ4v) is 5.60. The van der Waals surface area contributed by atoms with Crippen LogP contribution in [0.2, 0.25) is 0 Å². The molecule has 1 aliphatic carbocycles. The number of hydrogen-bond acceptors (Lipinski definition) is 5. The number of fused-ring (bicyclic) bond motifs is 1. The van der Waals surface area contributed by atoms with E-state index in [1.165, 1.54) is 6.07 Å². The molecule has 1 saturated heterocycles. The summed E-state index contributed by atoms with van der Waals surface area (Å²) in [5, 5.41) is 2.89. The molecule has 3 aliphatic rings. The summed E-state index contributed by atoms with van der Waals surface area (Å²) in [6.07, 6.45) is 6.52. The summed E-state index contributed by atoms with van der Waals surface area (Å²) in [6, 6.07) is 5.09. The molecule has 1 aromatic rings. The lowest BCUT2D eigenvalue weighted by Crippen LogP contribution is -2.40. The Morgan fingerprint density at radius 2 is 2.04 bits per heavy atom.